The van der Waals surface area contributed by atoms with Gasteiger partial charge in [-0.05, 0) is 48.4 Å². The van der Waals surface area contributed by atoms with E-state index in [0.717, 1.165) is 5.56 Å². The largest absolute Gasteiger partial charge is 0.379 e. The SMILES string of the molecule is O=S(=O)(OCCc1ccc(OS(=O)(=O)c2ccccc2)cc1)c1ccccc1. The zero-order valence-corrected chi connectivity index (χ0v) is 16.4. The van der Waals surface area contributed by atoms with Gasteiger partial charge in [0.1, 0.15) is 10.6 Å². The molecule has 3 rings (SSSR count). The second-order valence-corrected chi connectivity index (χ2v) is 9.00. The van der Waals surface area contributed by atoms with E-state index in [9.17, 15) is 16.8 Å². The van der Waals surface area contributed by atoms with Crippen LogP contribution in [0.5, 0.6) is 5.75 Å². The molecule has 0 aliphatic rings. The molecule has 146 valence electrons. The fraction of sp³-hybridized carbons (Fsp3) is 0.100. The van der Waals surface area contributed by atoms with Crippen LogP contribution in [0.15, 0.2) is 94.7 Å². The van der Waals surface area contributed by atoms with Crippen LogP contribution in [0.3, 0.4) is 0 Å². The average Bonchev–Trinajstić information content (AvgIpc) is 2.70. The molecule has 6 nitrogen and oxygen atoms in total. The van der Waals surface area contributed by atoms with Crippen molar-refractivity contribution in [3.63, 3.8) is 0 Å². The third-order valence-electron chi connectivity index (χ3n) is 3.82. The van der Waals surface area contributed by atoms with Crippen LogP contribution in [0, 0.1) is 0 Å². The van der Waals surface area contributed by atoms with Gasteiger partial charge < -0.3 is 4.18 Å². The molecule has 0 heterocycles. The zero-order chi connectivity index (χ0) is 20.0. The quantitative estimate of drug-likeness (QED) is 0.521. The van der Waals surface area contributed by atoms with E-state index in [-0.39, 0.29) is 22.1 Å². The average molecular weight is 418 g/mol. The molecule has 0 fully saturated rings. The van der Waals surface area contributed by atoms with Crippen LogP contribution in [-0.2, 0) is 30.8 Å². The van der Waals surface area contributed by atoms with Crippen molar-refractivity contribution < 1.29 is 25.2 Å². The summed E-state index contributed by atoms with van der Waals surface area (Å²) in [7, 11) is -7.69. The summed E-state index contributed by atoms with van der Waals surface area (Å²) in [5.41, 5.74) is 0.785. The summed E-state index contributed by atoms with van der Waals surface area (Å²) in [5.74, 6) is 0.172. The first-order valence-electron chi connectivity index (χ1n) is 8.40. The lowest BCUT2D eigenvalue weighted by Gasteiger charge is -2.08. The highest BCUT2D eigenvalue weighted by molar-refractivity contribution is 7.87. The molecule has 3 aromatic carbocycles. The van der Waals surface area contributed by atoms with Crippen molar-refractivity contribution >= 4 is 20.2 Å². The predicted octanol–water partition coefficient (Wildman–Crippen LogP) is 3.40. The Balaban J connectivity index is 1.58. The van der Waals surface area contributed by atoms with Crippen molar-refractivity contribution in [3.05, 3.63) is 90.5 Å². The monoisotopic (exact) mass is 418 g/mol. The molecule has 0 aliphatic heterocycles. The van der Waals surface area contributed by atoms with Gasteiger partial charge in [-0.1, -0.05) is 48.5 Å². The van der Waals surface area contributed by atoms with Crippen LogP contribution in [0.2, 0.25) is 0 Å². The third kappa shape index (κ3) is 5.19. The van der Waals surface area contributed by atoms with Crippen molar-refractivity contribution in [2.24, 2.45) is 0 Å². The first-order chi connectivity index (χ1) is 13.4. The van der Waals surface area contributed by atoms with Crippen molar-refractivity contribution in [2.45, 2.75) is 16.2 Å². The standard InChI is InChI=1S/C20H18O6S2/c21-27(22,19-7-3-1-4-8-19)25-16-15-17-11-13-18(14-12-17)26-28(23,24)20-9-5-2-6-10-20/h1-14H,15-16H2. The van der Waals surface area contributed by atoms with Gasteiger partial charge >= 0.3 is 10.1 Å². The fourth-order valence-corrected chi connectivity index (χ4v) is 4.28. The van der Waals surface area contributed by atoms with Gasteiger partial charge in [0.15, 0.2) is 0 Å². The van der Waals surface area contributed by atoms with E-state index in [0.29, 0.717) is 6.42 Å². The Morgan fingerprint density at radius 2 is 1.11 bits per heavy atom. The summed E-state index contributed by atoms with van der Waals surface area (Å²) >= 11 is 0. The maximum Gasteiger partial charge on any atom is 0.339 e. The van der Waals surface area contributed by atoms with E-state index in [4.69, 9.17) is 8.37 Å². The lowest BCUT2D eigenvalue weighted by Crippen LogP contribution is -2.10. The fourth-order valence-electron chi connectivity index (χ4n) is 2.40. The van der Waals surface area contributed by atoms with Crippen molar-refractivity contribution in [1.29, 1.82) is 0 Å². The predicted molar refractivity (Wildman–Crippen MR) is 104 cm³/mol. The van der Waals surface area contributed by atoms with Gasteiger partial charge in [-0.2, -0.15) is 16.8 Å². The molecule has 3 aromatic rings. The highest BCUT2D eigenvalue weighted by atomic mass is 32.2. The second-order valence-electron chi connectivity index (χ2n) is 5.83. The molecular weight excluding hydrogens is 400 g/mol. The highest BCUT2D eigenvalue weighted by Gasteiger charge is 2.16. The molecule has 8 heteroatoms. The summed E-state index contributed by atoms with van der Waals surface area (Å²) in [4.78, 5) is 0.170. The van der Waals surface area contributed by atoms with Gasteiger partial charge in [0.2, 0.25) is 0 Å². The normalized spacial score (nSPS) is 11.9. The Hall–Kier alpha value is -2.68. The molecule has 0 bridgehead atoms. The van der Waals surface area contributed by atoms with E-state index in [2.05, 4.69) is 0 Å². The van der Waals surface area contributed by atoms with Crippen LogP contribution in [-0.4, -0.2) is 23.4 Å². The topological polar surface area (TPSA) is 86.7 Å². The molecule has 0 amide bonds. The lowest BCUT2D eigenvalue weighted by atomic mass is 10.2. The van der Waals surface area contributed by atoms with Gasteiger partial charge in [0.05, 0.1) is 11.5 Å². The van der Waals surface area contributed by atoms with Crippen molar-refractivity contribution in [1.82, 2.24) is 0 Å². The summed E-state index contributed by atoms with van der Waals surface area (Å²) in [5, 5.41) is 0. The maximum atomic E-state index is 12.2. The molecule has 28 heavy (non-hydrogen) atoms. The third-order valence-corrected chi connectivity index (χ3v) is 6.41. The van der Waals surface area contributed by atoms with Crippen LogP contribution >= 0.6 is 0 Å². The Morgan fingerprint density at radius 3 is 1.64 bits per heavy atom. The number of benzene rings is 3. The summed E-state index contributed by atoms with van der Waals surface area (Å²) in [6, 6.07) is 22.1. The molecule has 0 saturated carbocycles. The van der Waals surface area contributed by atoms with Gasteiger partial charge in [0.25, 0.3) is 10.1 Å². The summed E-state index contributed by atoms with van der Waals surface area (Å²) in [6.45, 7) is -0.0280. The zero-order valence-electron chi connectivity index (χ0n) is 14.8. The second kappa shape index (κ2) is 8.55. The highest BCUT2D eigenvalue weighted by Crippen LogP contribution is 2.19. The Labute approximate surface area is 164 Å². The Morgan fingerprint density at radius 1 is 0.607 bits per heavy atom. The van der Waals surface area contributed by atoms with Gasteiger partial charge in [-0.25, -0.2) is 0 Å². The van der Waals surface area contributed by atoms with Crippen molar-refractivity contribution in [2.75, 3.05) is 6.61 Å². The summed E-state index contributed by atoms with van der Waals surface area (Å²) in [6.07, 6.45) is 0.345. The molecule has 0 unspecified atom stereocenters. The maximum absolute atomic E-state index is 12.2. The van der Waals surface area contributed by atoms with Crippen LogP contribution < -0.4 is 4.18 Å². The Kier molecular flexibility index (Phi) is 6.13. The van der Waals surface area contributed by atoms with Crippen molar-refractivity contribution in [3.8, 4) is 5.75 Å². The lowest BCUT2D eigenvalue weighted by molar-refractivity contribution is 0.322. The van der Waals surface area contributed by atoms with E-state index >= 15 is 0 Å². The van der Waals surface area contributed by atoms with Crippen LogP contribution in [0.4, 0.5) is 0 Å². The first-order valence-corrected chi connectivity index (χ1v) is 11.2. The van der Waals surface area contributed by atoms with E-state index < -0.39 is 20.2 Å². The van der Waals surface area contributed by atoms with Gasteiger partial charge in [0, 0.05) is 0 Å². The molecule has 0 radical (unpaired) electrons. The first kappa shape index (κ1) is 20.1. The smallest absolute Gasteiger partial charge is 0.339 e. The molecule has 0 aliphatic carbocycles. The van der Waals surface area contributed by atoms with Crippen LogP contribution in [0.1, 0.15) is 5.56 Å². The van der Waals surface area contributed by atoms with E-state index in [1.165, 1.54) is 36.4 Å². The minimum atomic E-state index is -3.90. The molecule has 0 saturated heterocycles. The number of hydrogen-bond acceptors (Lipinski definition) is 6. The minimum absolute atomic E-state index is 0.0280. The molecule has 0 atom stereocenters. The minimum Gasteiger partial charge on any atom is -0.379 e. The number of hydrogen-bond donors (Lipinski definition) is 0. The molecule has 0 N–H and O–H groups in total. The summed E-state index contributed by atoms with van der Waals surface area (Å²) < 4.78 is 58.6. The van der Waals surface area contributed by atoms with Crippen LogP contribution in [0.25, 0.3) is 0 Å². The molecule has 0 aromatic heterocycles. The molecular formula is C20H18O6S2. The Bertz CT molecular complexity index is 1110. The molecule has 0 spiro atoms. The van der Waals surface area contributed by atoms with E-state index in [1.54, 1.807) is 48.5 Å². The van der Waals surface area contributed by atoms with Gasteiger partial charge in [-0.15, -0.1) is 0 Å². The van der Waals surface area contributed by atoms with Gasteiger partial charge in [-0.3, -0.25) is 4.18 Å². The van der Waals surface area contributed by atoms with E-state index in [1.807, 2.05) is 0 Å². The number of rotatable bonds is 8.